The average Bonchev–Trinajstić information content (AvgIpc) is 3.91. The molecule has 3 aromatic carbocycles. The van der Waals surface area contributed by atoms with Gasteiger partial charge in [-0.05, 0) is 86.4 Å². The number of thiophene rings is 1. The molecule has 324 valence electrons. The Hall–Kier alpha value is -6.66. The van der Waals surface area contributed by atoms with Crippen molar-refractivity contribution in [3.05, 3.63) is 103 Å². The van der Waals surface area contributed by atoms with Crippen molar-refractivity contribution in [1.82, 2.24) is 9.78 Å². The van der Waals surface area contributed by atoms with Crippen molar-refractivity contribution in [2.24, 2.45) is 36.1 Å². The second-order valence-electron chi connectivity index (χ2n) is 16.8. The van der Waals surface area contributed by atoms with Gasteiger partial charge in [-0.2, -0.15) is 5.10 Å². The topological polar surface area (TPSA) is 212 Å². The van der Waals surface area contributed by atoms with Gasteiger partial charge in [0.25, 0.3) is 0 Å². The Morgan fingerprint density at radius 2 is 1.67 bits per heavy atom. The molecule has 0 unspecified atom stereocenters. The molecular formula is C44H40ClN7O10S. The van der Waals surface area contributed by atoms with Crippen LogP contribution in [0.3, 0.4) is 0 Å². The van der Waals surface area contributed by atoms with Gasteiger partial charge in [-0.15, -0.1) is 11.3 Å². The van der Waals surface area contributed by atoms with Crippen molar-refractivity contribution in [2.45, 2.75) is 39.5 Å². The smallest absolute Gasteiger partial charge is 0.301 e. The van der Waals surface area contributed by atoms with E-state index >= 15 is 9.59 Å². The van der Waals surface area contributed by atoms with Crippen LogP contribution in [0, 0.1) is 56.2 Å². The summed E-state index contributed by atoms with van der Waals surface area (Å²) in [5.74, 6) is -6.90. The summed E-state index contributed by atoms with van der Waals surface area (Å²) in [5, 5.41) is 41.6. The Labute approximate surface area is 368 Å². The monoisotopic (exact) mass is 893 g/mol. The maximum absolute atomic E-state index is 15.3. The van der Waals surface area contributed by atoms with Crippen LogP contribution in [0.2, 0.25) is 5.02 Å². The van der Waals surface area contributed by atoms with E-state index in [1.165, 1.54) is 41.1 Å². The van der Waals surface area contributed by atoms with Crippen LogP contribution in [0.25, 0.3) is 20.7 Å². The molecule has 1 N–H and O–H groups in total. The molecule has 2 aliphatic carbocycles. The first kappa shape index (κ1) is 41.7. The largest absolute Gasteiger partial charge is 0.504 e. The third kappa shape index (κ3) is 6.05. The van der Waals surface area contributed by atoms with E-state index < -0.39 is 79.9 Å². The number of carbonyl (C=O) groups excluding carboxylic acids is 4. The van der Waals surface area contributed by atoms with Crippen molar-refractivity contribution in [1.29, 1.82) is 0 Å². The van der Waals surface area contributed by atoms with Crippen molar-refractivity contribution in [3.63, 3.8) is 0 Å². The maximum atomic E-state index is 15.3. The number of nitro groups is 2. The lowest BCUT2D eigenvalue weighted by molar-refractivity contribution is -0.392. The summed E-state index contributed by atoms with van der Waals surface area (Å²) in [6.07, 6.45) is 1.87. The first-order chi connectivity index (χ1) is 29.9. The predicted molar refractivity (Wildman–Crippen MR) is 234 cm³/mol. The van der Waals surface area contributed by atoms with Gasteiger partial charge in [0.1, 0.15) is 11.5 Å². The van der Waals surface area contributed by atoms with Gasteiger partial charge in [0, 0.05) is 55.0 Å². The molecule has 4 heterocycles. The molecule has 4 aliphatic rings. The molecule has 3 fully saturated rings. The number of benzene rings is 3. The Morgan fingerprint density at radius 1 is 0.968 bits per heavy atom. The summed E-state index contributed by atoms with van der Waals surface area (Å²) in [6, 6.07) is 14.0. The quantitative estimate of drug-likeness (QED) is 0.0653. The van der Waals surface area contributed by atoms with E-state index in [0.29, 0.717) is 21.9 Å². The molecule has 2 saturated heterocycles. The second-order valence-corrected chi connectivity index (χ2v) is 18.3. The van der Waals surface area contributed by atoms with Crippen LogP contribution < -0.4 is 19.4 Å². The number of anilines is 3. The Balaban J connectivity index is 1.16. The number of phenolic OH excluding ortho intramolecular Hbond substituents is 1. The molecule has 2 aromatic heterocycles. The Morgan fingerprint density at radius 3 is 2.32 bits per heavy atom. The van der Waals surface area contributed by atoms with Gasteiger partial charge in [-0.3, -0.25) is 44.1 Å². The zero-order valence-corrected chi connectivity index (χ0v) is 36.4. The fourth-order valence-corrected chi connectivity index (χ4v) is 11.8. The molecule has 0 radical (unpaired) electrons. The van der Waals surface area contributed by atoms with Crippen LogP contribution in [0.4, 0.5) is 28.6 Å². The van der Waals surface area contributed by atoms with E-state index in [1.807, 2.05) is 31.2 Å². The molecule has 63 heavy (non-hydrogen) atoms. The molecule has 19 heteroatoms. The van der Waals surface area contributed by atoms with E-state index in [-0.39, 0.29) is 48.1 Å². The zero-order valence-electron chi connectivity index (χ0n) is 34.8. The van der Waals surface area contributed by atoms with E-state index in [2.05, 4.69) is 0 Å². The highest BCUT2D eigenvalue weighted by Crippen LogP contribution is 2.64. The van der Waals surface area contributed by atoms with Crippen LogP contribution in [0.5, 0.6) is 11.5 Å². The minimum absolute atomic E-state index is 0.00884. The summed E-state index contributed by atoms with van der Waals surface area (Å²) in [7, 11) is 4.47. The minimum atomic E-state index is -1.45. The number of phenols is 1. The number of nitro benzene ring substituents is 2. The molecule has 0 bridgehead atoms. The molecule has 6 atom stereocenters. The van der Waals surface area contributed by atoms with E-state index in [0.717, 1.165) is 42.5 Å². The predicted octanol–water partition coefficient (Wildman–Crippen LogP) is 7.69. The number of nitrogens with zero attached hydrogens (tertiary/aromatic N) is 7. The third-order valence-corrected chi connectivity index (χ3v) is 14.8. The average molecular weight is 894 g/mol. The molecule has 0 spiro atoms. The summed E-state index contributed by atoms with van der Waals surface area (Å²) >= 11 is 7.83. The maximum Gasteiger partial charge on any atom is 0.301 e. The van der Waals surface area contributed by atoms with Crippen LogP contribution in [0.15, 0.2) is 66.2 Å². The number of hydrogen-bond acceptors (Lipinski definition) is 13. The van der Waals surface area contributed by atoms with Gasteiger partial charge in [-0.1, -0.05) is 29.3 Å². The van der Waals surface area contributed by atoms with Crippen LogP contribution in [0.1, 0.15) is 43.7 Å². The lowest BCUT2D eigenvalue weighted by atomic mass is 9.51. The van der Waals surface area contributed by atoms with E-state index in [1.54, 1.807) is 39.1 Å². The highest BCUT2D eigenvalue weighted by atomic mass is 35.5. The van der Waals surface area contributed by atoms with Gasteiger partial charge in [0.05, 0.1) is 50.2 Å². The minimum Gasteiger partial charge on any atom is -0.504 e. The van der Waals surface area contributed by atoms with Gasteiger partial charge in [0.15, 0.2) is 17.2 Å². The van der Waals surface area contributed by atoms with Crippen molar-refractivity contribution >= 4 is 85.2 Å². The number of hydrogen-bond donors (Lipinski definition) is 1. The molecule has 2 aliphatic heterocycles. The molecule has 17 nitrogen and oxygen atoms in total. The zero-order chi connectivity index (χ0) is 45.1. The lowest BCUT2D eigenvalue weighted by Gasteiger charge is -2.49. The number of ether oxygens (including phenoxy) is 1. The number of carbonyl (C=O) groups is 4. The number of amides is 4. The number of aryl methyl sites for hydroxylation is 2. The molecule has 1 saturated carbocycles. The van der Waals surface area contributed by atoms with E-state index in [4.69, 9.17) is 21.4 Å². The van der Waals surface area contributed by atoms with Crippen molar-refractivity contribution in [2.75, 3.05) is 35.4 Å². The summed E-state index contributed by atoms with van der Waals surface area (Å²) in [4.78, 5) is 86.4. The summed E-state index contributed by atoms with van der Waals surface area (Å²) < 4.78 is 8.25. The first-order valence-corrected chi connectivity index (χ1v) is 21.4. The number of imide groups is 2. The molecule has 9 rings (SSSR count). The number of aromatic hydroxyl groups is 1. The Bertz CT molecular complexity index is 2890. The highest BCUT2D eigenvalue weighted by molar-refractivity contribution is 7.22. The summed E-state index contributed by atoms with van der Waals surface area (Å²) in [6.45, 7) is 5.66. The van der Waals surface area contributed by atoms with Crippen LogP contribution >= 0.6 is 22.9 Å². The molecule has 5 aromatic rings. The fourth-order valence-electron chi connectivity index (χ4n) is 10.5. The van der Waals surface area contributed by atoms with Crippen molar-refractivity contribution in [3.8, 4) is 22.1 Å². The van der Waals surface area contributed by atoms with E-state index in [9.17, 15) is 34.9 Å². The molecular weight excluding hydrogens is 854 g/mol. The fraction of sp³-hybridized carbons (Fsp3) is 0.341. The van der Waals surface area contributed by atoms with Crippen LogP contribution in [-0.4, -0.2) is 69.1 Å². The van der Waals surface area contributed by atoms with Gasteiger partial charge in [0.2, 0.25) is 23.6 Å². The number of fused-ring (bicyclic) bond motifs is 5. The SMILES string of the molecule is CCOc1cc([C@H]2C3=CC[C@@H]4C(=O)N(c5cc([N+](=O)[O-])c(N(C)C)c([N+](=O)[O-])c5)C(=O)[C@@H]4[C@@H]3C[C@H]3C(=O)N(c4cc(-c5sc6ccc(Cl)cc6c5C)nn4C)C(=O)[C@@]23C)ccc1O. The van der Waals surface area contributed by atoms with Gasteiger partial charge < -0.3 is 14.7 Å². The number of halogens is 1. The number of allylic oxidation sites excluding steroid dienone is 2. The first-order valence-electron chi connectivity index (χ1n) is 20.2. The number of rotatable bonds is 9. The number of aromatic nitrogens is 2. The van der Waals surface area contributed by atoms with Crippen molar-refractivity contribution < 1.29 is 38.9 Å². The Kier molecular flexibility index (Phi) is 9.74. The van der Waals surface area contributed by atoms with Crippen LogP contribution in [-0.2, 0) is 26.2 Å². The van der Waals surface area contributed by atoms with Gasteiger partial charge in [-0.25, -0.2) is 9.80 Å². The second kappa shape index (κ2) is 14.7. The van der Waals surface area contributed by atoms with Gasteiger partial charge >= 0.3 is 11.4 Å². The highest BCUT2D eigenvalue weighted by Gasteiger charge is 2.68. The molecule has 4 amide bonds. The standard InChI is InChI=1S/C44H40ClN7O10S/c1-7-62-33-14-21(8-12-32(33)53)37-24-10-11-25-36(42(56)49(40(25)54)23-16-30(51(58)59)38(47(4)5)31(17-23)52(60)61)27(24)18-28-41(55)50(43(57)44(28,37)3)35-19-29(46-48(35)6)39-20(2)26-15-22(45)9-13-34(26)63-39/h8-10,12-17,19,25,27-28,36-37,53H,7,11,18H2,1-6H3/t25-,27+,28-,36-,37-,44+/m0/s1. The normalized spacial score (nSPS) is 24.1. The third-order valence-electron chi connectivity index (χ3n) is 13.3. The summed E-state index contributed by atoms with van der Waals surface area (Å²) in [5.41, 5.74) is -0.734. The lowest BCUT2D eigenvalue weighted by Crippen LogP contribution is -2.49.